The Morgan fingerprint density at radius 2 is 1.84 bits per heavy atom. The molecule has 3 heterocycles. The number of aromatic nitrogens is 3. The van der Waals surface area contributed by atoms with Crippen molar-refractivity contribution in [3.05, 3.63) is 35.8 Å². The lowest BCUT2D eigenvalue weighted by Gasteiger charge is -2.69. The third kappa shape index (κ3) is 3.03. The summed E-state index contributed by atoms with van der Waals surface area (Å²) in [6.45, 7) is 0.543. The average molecular weight is 444 g/mol. The summed E-state index contributed by atoms with van der Waals surface area (Å²) in [6, 6.07) is 3.52. The van der Waals surface area contributed by atoms with Gasteiger partial charge in [-0.3, -0.25) is 14.5 Å². The maximum Gasteiger partial charge on any atom is 0.433 e. The van der Waals surface area contributed by atoms with Crippen molar-refractivity contribution in [1.82, 2.24) is 20.1 Å². The van der Waals surface area contributed by atoms with Gasteiger partial charge in [-0.15, -0.1) is 0 Å². The fourth-order valence-electron chi connectivity index (χ4n) is 5.16. The predicted octanol–water partition coefficient (Wildman–Crippen LogP) is 4.65. The van der Waals surface area contributed by atoms with E-state index in [1.807, 2.05) is 0 Å². The topological polar surface area (TPSA) is 59.8 Å². The van der Waals surface area contributed by atoms with E-state index in [-0.39, 0.29) is 30.7 Å². The van der Waals surface area contributed by atoms with Crippen LogP contribution in [-0.2, 0) is 17.5 Å². The molecule has 166 valence electrons. The maximum atomic E-state index is 13.1. The van der Waals surface area contributed by atoms with Crippen molar-refractivity contribution < 1.29 is 31.1 Å². The zero-order chi connectivity index (χ0) is 22.2. The molecule has 0 saturated heterocycles. The summed E-state index contributed by atoms with van der Waals surface area (Å²) < 4.78 is 79.7. The van der Waals surface area contributed by atoms with Gasteiger partial charge >= 0.3 is 12.4 Å². The van der Waals surface area contributed by atoms with Gasteiger partial charge in [0.05, 0.1) is 28.3 Å². The minimum absolute atomic E-state index is 0.177. The van der Waals surface area contributed by atoms with Gasteiger partial charge in [-0.2, -0.15) is 31.4 Å². The molecule has 3 saturated carbocycles. The lowest BCUT2D eigenvalue weighted by atomic mass is 9.34. The summed E-state index contributed by atoms with van der Waals surface area (Å²) in [4.78, 5) is 16.1. The van der Waals surface area contributed by atoms with Crippen LogP contribution >= 0.6 is 0 Å². The normalized spacial score (nSPS) is 29.5. The molecule has 3 aliphatic carbocycles. The van der Waals surface area contributed by atoms with Gasteiger partial charge in [0.2, 0.25) is 5.91 Å². The molecular formula is C20H18F6N4O. The van der Waals surface area contributed by atoms with E-state index in [9.17, 15) is 31.1 Å². The number of hydrogen-bond donors (Lipinski definition) is 1. The number of rotatable bonds is 3. The van der Waals surface area contributed by atoms with E-state index in [4.69, 9.17) is 0 Å². The van der Waals surface area contributed by atoms with Gasteiger partial charge in [-0.05, 0) is 50.3 Å². The second kappa shape index (κ2) is 6.23. The number of pyridine rings is 1. The van der Waals surface area contributed by atoms with Gasteiger partial charge < -0.3 is 5.32 Å². The van der Waals surface area contributed by atoms with Crippen LogP contribution in [0.4, 0.5) is 26.3 Å². The zero-order valence-corrected chi connectivity index (χ0v) is 16.1. The first kappa shape index (κ1) is 20.3. The van der Waals surface area contributed by atoms with E-state index < -0.39 is 34.9 Å². The lowest BCUT2D eigenvalue weighted by molar-refractivity contribution is -0.351. The van der Waals surface area contributed by atoms with E-state index in [0.29, 0.717) is 30.8 Å². The van der Waals surface area contributed by atoms with Gasteiger partial charge in [0, 0.05) is 18.3 Å². The van der Waals surface area contributed by atoms with E-state index >= 15 is 0 Å². The number of fused-ring (bicyclic) bond motifs is 1. The third-order valence-corrected chi connectivity index (χ3v) is 6.80. The summed E-state index contributed by atoms with van der Waals surface area (Å²) in [7, 11) is 0. The standard InChI is InChI=1S/C20H18F6N4O/c21-19(22,23)15-6-11(3-4-27-15)13-7-14-12(2-1-5-30(14)29-13)28-16(31)17-8-18(9-17,10-17)20(24,25)26/h3-4,6-7,12H,1-2,5,8-10H2,(H,28,31)/t12-,17?,18?/m1/s1. The molecule has 0 unspecified atom stereocenters. The molecule has 0 radical (unpaired) electrons. The second-order valence-electron chi connectivity index (χ2n) is 8.86. The van der Waals surface area contributed by atoms with E-state index in [2.05, 4.69) is 15.4 Å². The molecule has 4 aliphatic rings. The van der Waals surface area contributed by atoms with Crippen molar-refractivity contribution in [2.24, 2.45) is 10.8 Å². The van der Waals surface area contributed by atoms with E-state index in [0.717, 1.165) is 12.3 Å². The van der Waals surface area contributed by atoms with Crippen LogP contribution in [0.15, 0.2) is 24.4 Å². The van der Waals surface area contributed by atoms with Crippen LogP contribution in [0.1, 0.15) is 49.5 Å². The van der Waals surface area contributed by atoms with Crippen LogP contribution in [0.5, 0.6) is 0 Å². The van der Waals surface area contributed by atoms with Crippen molar-refractivity contribution in [3.8, 4) is 11.3 Å². The Morgan fingerprint density at radius 3 is 2.48 bits per heavy atom. The maximum absolute atomic E-state index is 13.1. The number of amides is 1. The first-order valence-corrected chi connectivity index (χ1v) is 9.92. The van der Waals surface area contributed by atoms with Crippen LogP contribution < -0.4 is 5.32 Å². The SMILES string of the molecule is O=C(N[C@@H]1CCCn2nc(-c3ccnc(C(F)(F)F)c3)cc21)C12CC(C(F)(F)F)(C1)C2. The number of alkyl halides is 6. The van der Waals surface area contributed by atoms with Gasteiger partial charge in [-0.1, -0.05) is 0 Å². The van der Waals surface area contributed by atoms with Crippen molar-refractivity contribution in [3.63, 3.8) is 0 Å². The molecule has 3 fully saturated rings. The largest absolute Gasteiger partial charge is 0.433 e. The summed E-state index contributed by atoms with van der Waals surface area (Å²) in [5, 5.41) is 7.24. The van der Waals surface area contributed by atoms with E-state index in [1.54, 1.807) is 10.7 Å². The van der Waals surface area contributed by atoms with Crippen LogP contribution in [-0.4, -0.2) is 26.8 Å². The molecule has 6 rings (SSSR count). The number of nitrogens with one attached hydrogen (secondary N) is 1. The third-order valence-electron chi connectivity index (χ3n) is 6.80. The Kier molecular flexibility index (Phi) is 4.08. The summed E-state index contributed by atoms with van der Waals surface area (Å²) in [5.41, 5.74) is -2.47. The molecule has 31 heavy (non-hydrogen) atoms. The van der Waals surface area contributed by atoms with Crippen molar-refractivity contribution >= 4 is 5.91 Å². The van der Waals surface area contributed by atoms with Gasteiger partial charge in [0.15, 0.2) is 0 Å². The Hall–Kier alpha value is -2.59. The molecule has 2 aromatic heterocycles. The number of carbonyl (C=O) groups excluding carboxylic acids is 1. The molecule has 0 aromatic carbocycles. The summed E-state index contributed by atoms with van der Waals surface area (Å²) in [6.07, 6.45) is -7.06. The number of carbonyl (C=O) groups is 1. The first-order valence-electron chi connectivity index (χ1n) is 9.92. The Balaban J connectivity index is 1.34. The fraction of sp³-hybridized carbons (Fsp3) is 0.550. The minimum Gasteiger partial charge on any atom is -0.347 e. The minimum atomic E-state index is -4.58. The Labute approximate surface area is 172 Å². The molecule has 1 N–H and O–H groups in total. The van der Waals surface area contributed by atoms with Crippen LogP contribution in [0.25, 0.3) is 11.3 Å². The highest BCUT2D eigenvalue weighted by atomic mass is 19.4. The molecule has 1 amide bonds. The summed E-state index contributed by atoms with van der Waals surface area (Å²) in [5.74, 6) is -0.386. The number of halogens is 6. The molecule has 2 aromatic rings. The van der Waals surface area contributed by atoms with Crippen molar-refractivity contribution in [2.75, 3.05) is 0 Å². The average Bonchev–Trinajstić information content (AvgIpc) is 3.03. The van der Waals surface area contributed by atoms with Crippen molar-refractivity contribution in [1.29, 1.82) is 0 Å². The molecule has 0 spiro atoms. The van der Waals surface area contributed by atoms with Crippen LogP contribution in [0, 0.1) is 10.8 Å². The quantitative estimate of drug-likeness (QED) is 0.702. The fourth-order valence-corrected chi connectivity index (χ4v) is 5.16. The predicted molar refractivity (Wildman–Crippen MR) is 95.3 cm³/mol. The van der Waals surface area contributed by atoms with E-state index in [1.165, 1.54) is 6.07 Å². The summed E-state index contributed by atoms with van der Waals surface area (Å²) >= 11 is 0. The van der Waals surface area contributed by atoms with Gasteiger partial charge in [0.1, 0.15) is 5.69 Å². The molecule has 1 aliphatic heterocycles. The molecular weight excluding hydrogens is 426 g/mol. The number of nitrogens with zero attached hydrogens (tertiary/aromatic N) is 3. The molecule has 1 atom stereocenters. The van der Waals surface area contributed by atoms with Crippen molar-refractivity contribution in [2.45, 2.75) is 57.0 Å². The van der Waals surface area contributed by atoms with Crippen LogP contribution in [0.2, 0.25) is 0 Å². The Bertz CT molecular complexity index is 1040. The highest BCUT2D eigenvalue weighted by Gasteiger charge is 2.80. The number of aryl methyl sites for hydroxylation is 1. The zero-order valence-electron chi connectivity index (χ0n) is 16.1. The Morgan fingerprint density at radius 1 is 1.13 bits per heavy atom. The second-order valence-corrected chi connectivity index (χ2v) is 8.86. The first-order chi connectivity index (χ1) is 14.4. The highest BCUT2D eigenvalue weighted by Crippen LogP contribution is 2.78. The molecule has 2 bridgehead atoms. The van der Waals surface area contributed by atoms with Crippen LogP contribution in [0.3, 0.4) is 0 Å². The molecule has 5 nitrogen and oxygen atoms in total. The smallest absolute Gasteiger partial charge is 0.347 e. The molecule has 11 heteroatoms. The van der Waals surface area contributed by atoms with Gasteiger partial charge in [0.25, 0.3) is 0 Å². The lowest BCUT2D eigenvalue weighted by Crippen LogP contribution is -2.72. The monoisotopic (exact) mass is 444 g/mol. The number of hydrogen-bond acceptors (Lipinski definition) is 3. The van der Waals surface area contributed by atoms with Gasteiger partial charge in [-0.25, -0.2) is 0 Å². The highest BCUT2D eigenvalue weighted by molar-refractivity contribution is 5.87.